The molecule has 3 amide bonds. The number of benzene rings is 2. The van der Waals surface area contributed by atoms with E-state index in [9.17, 15) is 14.4 Å². The van der Waals surface area contributed by atoms with Crippen LogP contribution in [0.3, 0.4) is 0 Å². The van der Waals surface area contributed by atoms with E-state index in [4.69, 9.17) is 4.74 Å². The van der Waals surface area contributed by atoms with Crippen LogP contribution in [0.5, 0.6) is 0 Å². The van der Waals surface area contributed by atoms with Crippen molar-refractivity contribution in [3.8, 4) is 0 Å². The molecule has 1 N–H and O–H groups in total. The molecule has 1 aromatic heterocycles. The number of hydrogen-bond donors (Lipinski definition) is 1. The van der Waals surface area contributed by atoms with Gasteiger partial charge in [-0.15, -0.1) is 0 Å². The predicted molar refractivity (Wildman–Crippen MR) is 132 cm³/mol. The highest BCUT2D eigenvalue weighted by Crippen LogP contribution is 2.35. The zero-order chi connectivity index (χ0) is 23.4. The number of aromatic nitrogens is 1. The fraction of sp³-hybridized carbons (Fsp3) is 0.208. The molecule has 2 heterocycles. The number of carbonyl (C=O) groups excluding carboxylic acids is 3. The number of amides is 3. The molecule has 4 rings (SSSR count). The van der Waals surface area contributed by atoms with Gasteiger partial charge in [-0.2, -0.15) is 0 Å². The summed E-state index contributed by atoms with van der Waals surface area (Å²) in [6, 6.07) is 15.2. The first-order chi connectivity index (χ1) is 16.0. The van der Waals surface area contributed by atoms with Gasteiger partial charge in [-0.3, -0.25) is 19.3 Å². The summed E-state index contributed by atoms with van der Waals surface area (Å²) >= 11 is 4.32. The Bertz CT molecular complexity index is 1240. The van der Waals surface area contributed by atoms with Crippen molar-refractivity contribution in [2.45, 2.75) is 13.1 Å². The lowest BCUT2D eigenvalue weighted by Gasteiger charge is -2.12. The van der Waals surface area contributed by atoms with E-state index in [-0.39, 0.29) is 30.1 Å². The van der Waals surface area contributed by atoms with Crippen molar-refractivity contribution in [3.05, 3.63) is 75.2 Å². The van der Waals surface area contributed by atoms with Gasteiger partial charge in [0.1, 0.15) is 6.54 Å². The van der Waals surface area contributed by atoms with E-state index >= 15 is 0 Å². The fourth-order valence-corrected chi connectivity index (χ4v) is 4.67. The Hall–Kier alpha value is -2.88. The molecule has 1 saturated heterocycles. The number of ether oxygens (including phenoxy) is 1. The lowest BCUT2D eigenvalue weighted by Crippen LogP contribution is -2.30. The quantitative estimate of drug-likeness (QED) is 0.346. The monoisotopic (exact) mass is 527 g/mol. The van der Waals surface area contributed by atoms with E-state index < -0.39 is 0 Å². The minimum absolute atomic E-state index is 0.130. The summed E-state index contributed by atoms with van der Waals surface area (Å²) in [4.78, 5) is 39.4. The maximum absolute atomic E-state index is 13.0. The minimum Gasteiger partial charge on any atom is -0.383 e. The van der Waals surface area contributed by atoms with Crippen LogP contribution in [0.15, 0.2) is 64.1 Å². The number of para-hydroxylation sites is 1. The van der Waals surface area contributed by atoms with Gasteiger partial charge in [0.2, 0.25) is 5.91 Å². The van der Waals surface area contributed by atoms with Crippen molar-refractivity contribution < 1.29 is 19.1 Å². The van der Waals surface area contributed by atoms with Gasteiger partial charge < -0.3 is 14.6 Å². The smallest absolute Gasteiger partial charge is 0.293 e. The number of fused-ring (bicyclic) bond motifs is 1. The highest BCUT2D eigenvalue weighted by Gasteiger charge is 2.35. The average molecular weight is 528 g/mol. The maximum atomic E-state index is 13.0. The average Bonchev–Trinajstić information content (AvgIpc) is 3.27. The number of halogens is 1. The van der Waals surface area contributed by atoms with Gasteiger partial charge in [-0.05, 0) is 41.6 Å². The molecule has 0 bridgehead atoms. The van der Waals surface area contributed by atoms with Gasteiger partial charge in [0, 0.05) is 40.8 Å². The van der Waals surface area contributed by atoms with Crippen LogP contribution in [0.25, 0.3) is 17.0 Å². The zero-order valence-corrected chi connectivity index (χ0v) is 20.3. The van der Waals surface area contributed by atoms with Gasteiger partial charge in [-0.1, -0.05) is 46.3 Å². The Morgan fingerprint density at radius 3 is 2.67 bits per heavy atom. The highest BCUT2D eigenvalue weighted by molar-refractivity contribution is 9.10. The first-order valence-electron chi connectivity index (χ1n) is 10.3. The van der Waals surface area contributed by atoms with Crippen molar-refractivity contribution in [2.24, 2.45) is 0 Å². The van der Waals surface area contributed by atoms with Crippen LogP contribution in [0.4, 0.5) is 4.79 Å². The normalized spacial score (nSPS) is 15.1. The second-order valence-corrected chi connectivity index (χ2v) is 9.38. The summed E-state index contributed by atoms with van der Waals surface area (Å²) in [5.41, 5.74) is 2.53. The molecule has 1 aliphatic rings. The molecule has 33 heavy (non-hydrogen) atoms. The standard InChI is InChI=1S/C24H22BrN3O4S/c1-32-11-10-26-22(29)15-27-14-17(19-4-2-3-5-20(19)27)12-21-23(30)28(24(31)33-21)13-16-6-8-18(25)9-7-16/h2-9,12,14H,10-11,13,15H2,1H3,(H,26,29)/b21-12-. The Balaban J connectivity index is 1.57. The number of imide groups is 1. The molecular formula is C24H22BrN3O4S. The molecule has 2 aromatic carbocycles. The van der Waals surface area contributed by atoms with Gasteiger partial charge in [0.15, 0.2) is 0 Å². The molecule has 3 aromatic rings. The number of hydrogen-bond acceptors (Lipinski definition) is 5. The third-order valence-electron chi connectivity index (χ3n) is 5.18. The molecular weight excluding hydrogens is 506 g/mol. The molecule has 0 saturated carbocycles. The van der Waals surface area contributed by atoms with Crippen molar-refractivity contribution in [1.29, 1.82) is 0 Å². The summed E-state index contributed by atoms with van der Waals surface area (Å²) in [6.45, 7) is 1.24. The van der Waals surface area contributed by atoms with Crippen molar-refractivity contribution in [1.82, 2.24) is 14.8 Å². The molecule has 0 radical (unpaired) electrons. The van der Waals surface area contributed by atoms with Crippen LogP contribution in [0, 0.1) is 0 Å². The highest BCUT2D eigenvalue weighted by atomic mass is 79.9. The first kappa shape index (κ1) is 23.3. The minimum atomic E-state index is -0.318. The van der Waals surface area contributed by atoms with Gasteiger partial charge in [-0.25, -0.2) is 0 Å². The van der Waals surface area contributed by atoms with E-state index in [1.165, 1.54) is 4.90 Å². The summed E-state index contributed by atoms with van der Waals surface area (Å²) in [6.07, 6.45) is 3.57. The Morgan fingerprint density at radius 1 is 1.15 bits per heavy atom. The Morgan fingerprint density at radius 2 is 1.91 bits per heavy atom. The molecule has 9 heteroatoms. The van der Waals surface area contributed by atoms with Gasteiger partial charge in [0.25, 0.3) is 11.1 Å². The number of nitrogens with zero attached hydrogens (tertiary/aromatic N) is 2. The molecule has 0 unspecified atom stereocenters. The molecule has 1 fully saturated rings. The van der Waals surface area contributed by atoms with Crippen molar-refractivity contribution in [2.75, 3.05) is 20.3 Å². The number of rotatable bonds is 8. The van der Waals surface area contributed by atoms with Crippen LogP contribution in [-0.4, -0.2) is 46.8 Å². The molecule has 170 valence electrons. The Kier molecular flexibility index (Phi) is 7.32. The molecule has 0 aliphatic carbocycles. The molecule has 0 atom stereocenters. The number of nitrogens with one attached hydrogen (secondary N) is 1. The van der Waals surface area contributed by atoms with E-state index in [0.29, 0.717) is 18.1 Å². The van der Waals surface area contributed by atoms with E-state index in [0.717, 1.165) is 38.3 Å². The molecule has 7 nitrogen and oxygen atoms in total. The van der Waals surface area contributed by atoms with Crippen molar-refractivity contribution >= 4 is 61.7 Å². The lowest BCUT2D eigenvalue weighted by atomic mass is 10.1. The van der Waals surface area contributed by atoms with Crippen LogP contribution in [0.1, 0.15) is 11.1 Å². The lowest BCUT2D eigenvalue weighted by molar-refractivity contribution is -0.123. The second kappa shape index (κ2) is 10.4. The predicted octanol–water partition coefficient (Wildman–Crippen LogP) is 4.40. The summed E-state index contributed by atoms with van der Waals surface area (Å²) in [7, 11) is 1.58. The van der Waals surface area contributed by atoms with E-state index in [2.05, 4.69) is 21.2 Å². The fourth-order valence-electron chi connectivity index (χ4n) is 3.57. The van der Waals surface area contributed by atoms with Crippen LogP contribution >= 0.6 is 27.7 Å². The first-order valence-corrected chi connectivity index (χ1v) is 11.9. The third-order valence-corrected chi connectivity index (χ3v) is 6.61. The van der Waals surface area contributed by atoms with Crippen molar-refractivity contribution in [3.63, 3.8) is 0 Å². The number of thioether (sulfide) groups is 1. The third kappa shape index (κ3) is 5.38. The van der Waals surface area contributed by atoms with Crippen LogP contribution < -0.4 is 5.32 Å². The van der Waals surface area contributed by atoms with Crippen LogP contribution in [0.2, 0.25) is 0 Å². The molecule has 1 aliphatic heterocycles. The maximum Gasteiger partial charge on any atom is 0.293 e. The summed E-state index contributed by atoms with van der Waals surface area (Å²) in [5, 5.41) is 3.42. The Labute approximate surface area is 203 Å². The summed E-state index contributed by atoms with van der Waals surface area (Å²) in [5.74, 6) is -0.448. The SMILES string of the molecule is COCCNC(=O)Cn1cc(/C=C2\SC(=O)N(Cc3ccc(Br)cc3)C2=O)c2ccccc21. The molecule has 0 spiro atoms. The van der Waals surface area contributed by atoms with Gasteiger partial charge in [0.05, 0.1) is 18.1 Å². The summed E-state index contributed by atoms with van der Waals surface area (Å²) < 4.78 is 7.74. The van der Waals surface area contributed by atoms with Crippen LogP contribution in [-0.2, 0) is 27.4 Å². The second-order valence-electron chi connectivity index (χ2n) is 7.47. The van der Waals surface area contributed by atoms with E-state index in [1.54, 1.807) is 13.2 Å². The zero-order valence-electron chi connectivity index (χ0n) is 17.9. The number of methoxy groups -OCH3 is 1. The number of carbonyl (C=O) groups is 3. The van der Waals surface area contributed by atoms with E-state index in [1.807, 2.05) is 59.3 Å². The van der Waals surface area contributed by atoms with Gasteiger partial charge >= 0.3 is 0 Å². The topological polar surface area (TPSA) is 80.6 Å². The largest absolute Gasteiger partial charge is 0.383 e.